The summed E-state index contributed by atoms with van der Waals surface area (Å²) in [6.07, 6.45) is -4.92. The molecule has 1 aromatic heterocycles. The number of hydrogen-bond acceptors (Lipinski definition) is 1. The highest BCUT2D eigenvalue weighted by Gasteiger charge is 2.36. The van der Waals surface area contributed by atoms with Crippen molar-refractivity contribution >= 4 is 5.69 Å². The van der Waals surface area contributed by atoms with Gasteiger partial charge in [-0.15, -0.1) is 0 Å². The zero-order chi connectivity index (χ0) is 20.5. The highest BCUT2D eigenvalue weighted by Crippen LogP contribution is 2.37. The number of aromatic nitrogens is 1. The highest BCUT2D eigenvalue weighted by atomic mass is 19.4. The Balaban J connectivity index is 2.33. The van der Waals surface area contributed by atoms with Gasteiger partial charge in [-0.1, -0.05) is 30.3 Å². The molecule has 0 spiro atoms. The molecule has 0 aliphatic rings. The zero-order valence-electron chi connectivity index (χ0n) is 14.1. The van der Waals surface area contributed by atoms with Crippen molar-refractivity contribution in [1.29, 1.82) is 0 Å². The van der Waals surface area contributed by atoms with Crippen LogP contribution in [0.5, 0.6) is 0 Å². The lowest BCUT2D eigenvalue weighted by Gasteiger charge is -2.18. The van der Waals surface area contributed by atoms with Gasteiger partial charge < -0.3 is 4.57 Å². The summed E-state index contributed by atoms with van der Waals surface area (Å²) in [7, 11) is 0. The maximum absolute atomic E-state index is 14.0. The van der Waals surface area contributed by atoms with E-state index in [0.717, 1.165) is 22.8 Å². The van der Waals surface area contributed by atoms with E-state index in [2.05, 4.69) is 4.85 Å². The van der Waals surface area contributed by atoms with E-state index in [9.17, 15) is 26.7 Å². The van der Waals surface area contributed by atoms with Crippen molar-refractivity contribution in [3.63, 3.8) is 0 Å². The number of rotatable bonds is 3. The number of hydrogen-bond donors (Lipinski definition) is 0. The largest absolute Gasteiger partial charge is 0.407 e. The third-order valence-electron chi connectivity index (χ3n) is 4.10. The Kier molecular flexibility index (Phi) is 5.01. The van der Waals surface area contributed by atoms with E-state index >= 15 is 0 Å². The SMILES string of the molecule is [C-]#[N+]c1c(C(F)(F)F)cc(-c2ccccc2)n(Cc2cc(F)ccc2F)c1=O. The van der Waals surface area contributed by atoms with Crippen LogP contribution in [0.2, 0.25) is 0 Å². The van der Waals surface area contributed by atoms with Gasteiger partial charge in [0.15, 0.2) is 0 Å². The van der Waals surface area contributed by atoms with Crippen LogP contribution in [0.1, 0.15) is 11.1 Å². The fourth-order valence-corrected chi connectivity index (χ4v) is 2.80. The minimum absolute atomic E-state index is 0.158. The third kappa shape index (κ3) is 3.64. The molecule has 0 aliphatic heterocycles. The molecule has 1 heterocycles. The van der Waals surface area contributed by atoms with Gasteiger partial charge in [0, 0.05) is 11.3 Å². The van der Waals surface area contributed by atoms with Crippen LogP contribution in [0.25, 0.3) is 16.1 Å². The lowest BCUT2D eigenvalue weighted by atomic mass is 10.1. The maximum Gasteiger partial charge on any atom is 0.407 e. The van der Waals surface area contributed by atoms with E-state index in [1.54, 1.807) is 18.2 Å². The molecule has 0 radical (unpaired) electrons. The molecule has 3 aromatic rings. The second-order valence-corrected chi connectivity index (χ2v) is 5.89. The number of pyridine rings is 1. The topological polar surface area (TPSA) is 26.4 Å². The second-order valence-electron chi connectivity index (χ2n) is 5.89. The average molecular weight is 390 g/mol. The molecule has 142 valence electrons. The Morgan fingerprint density at radius 3 is 2.29 bits per heavy atom. The lowest BCUT2D eigenvalue weighted by molar-refractivity contribution is -0.136. The fraction of sp³-hybridized carbons (Fsp3) is 0.100. The van der Waals surface area contributed by atoms with Crippen LogP contribution in [0, 0.1) is 18.2 Å². The van der Waals surface area contributed by atoms with Crippen LogP contribution in [0.15, 0.2) is 59.4 Å². The molecule has 28 heavy (non-hydrogen) atoms. The number of nitrogens with zero attached hydrogens (tertiary/aromatic N) is 2. The summed E-state index contributed by atoms with van der Waals surface area (Å²) in [6, 6.07) is 11.0. The van der Waals surface area contributed by atoms with Gasteiger partial charge in [0.05, 0.1) is 18.7 Å². The lowest BCUT2D eigenvalue weighted by Crippen LogP contribution is -2.25. The first-order valence-electron chi connectivity index (χ1n) is 7.94. The van der Waals surface area contributed by atoms with Crippen LogP contribution in [-0.4, -0.2) is 4.57 Å². The molecule has 3 rings (SSSR count). The van der Waals surface area contributed by atoms with E-state index in [1.807, 2.05) is 0 Å². The summed E-state index contributed by atoms with van der Waals surface area (Å²) in [5.74, 6) is -1.58. The maximum atomic E-state index is 14.0. The van der Waals surface area contributed by atoms with Crippen LogP contribution < -0.4 is 5.56 Å². The molecule has 0 amide bonds. The molecule has 2 aromatic carbocycles. The van der Waals surface area contributed by atoms with Gasteiger partial charge in [0.25, 0.3) is 11.2 Å². The van der Waals surface area contributed by atoms with Gasteiger partial charge in [-0.2, -0.15) is 13.2 Å². The molecular formula is C20H11F5N2O. The smallest absolute Gasteiger partial charge is 0.313 e. The second kappa shape index (κ2) is 7.27. The van der Waals surface area contributed by atoms with Crippen molar-refractivity contribution in [2.45, 2.75) is 12.7 Å². The normalized spacial score (nSPS) is 11.3. The number of halogens is 5. The van der Waals surface area contributed by atoms with Crippen molar-refractivity contribution in [2.24, 2.45) is 0 Å². The quantitative estimate of drug-likeness (QED) is 0.434. The molecular weight excluding hydrogens is 379 g/mol. The molecule has 0 unspecified atom stereocenters. The monoisotopic (exact) mass is 390 g/mol. The standard InChI is InChI=1S/C20H11F5N2O/c1-26-18-15(20(23,24)25)10-17(12-5-3-2-4-6-12)27(19(18)28)11-13-9-14(21)7-8-16(13)22/h2-10H,11H2. The van der Waals surface area contributed by atoms with Crippen molar-refractivity contribution < 1.29 is 22.0 Å². The minimum atomic E-state index is -4.92. The molecule has 0 saturated heterocycles. The summed E-state index contributed by atoms with van der Waals surface area (Å²) in [5, 5.41) is 0. The first-order chi connectivity index (χ1) is 13.2. The van der Waals surface area contributed by atoms with Gasteiger partial charge in [-0.05, 0) is 29.8 Å². The van der Waals surface area contributed by atoms with E-state index in [1.165, 1.54) is 12.1 Å². The first-order valence-corrected chi connectivity index (χ1v) is 7.94. The fourth-order valence-electron chi connectivity index (χ4n) is 2.80. The molecule has 8 heteroatoms. The summed E-state index contributed by atoms with van der Waals surface area (Å²) >= 11 is 0. The van der Waals surface area contributed by atoms with Crippen LogP contribution in [-0.2, 0) is 12.7 Å². The van der Waals surface area contributed by atoms with Gasteiger partial charge >= 0.3 is 6.18 Å². The van der Waals surface area contributed by atoms with Crippen molar-refractivity contribution in [1.82, 2.24) is 4.57 Å². The predicted octanol–water partition coefficient (Wildman–Crippen LogP) is 5.41. The molecule has 0 atom stereocenters. The van der Waals surface area contributed by atoms with Crippen LogP contribution >= 0.6 is 0 Å². The minimum Gasteiger partial charge on any atom is -0.313 e. The number of benzene rings is 2. The Bertz CT molecular complexity index is 1130. The van der Waals surface area contributed by atoms with Gasteiger partial charge in [-0.3, -0.25) is 4.79 Å². The Labute approximate surface area is 156 Å². The van der Waals surface area contributed by atoms with Gasteiger partial charge in [0.1, 0.15) is 11.6 Å². The molecule has 0 N–H and O–H groups in total. The van der Waals surface area contributed by atoms with Gasteiger partial charge in [0.2, 0.25) is 0 Å². The van der Waals surface area contributed by atoms with Crippen molar-refractivity contribution in [3.05, 3.63) is 99.1 Å². The van der Waals surface area contributed by atoms with Crippen molar-refractivity contribution in [3.8, 4) is 11.3 Å². The average Bonchev–Trinajstić information content (AvgIpc) is 2.65. The summed E-state index contributed by atoms with van der Waals surface area (Å²) in [5.41, 5.74) is -3.85. The molecule has 3 nitrogen and oxygen atoms in total. The van der Waals surface area contributed by atoms with Crippen molar-refractivity contribution in [2.75, 3.05) is 0 Å². The van der Waals surface area contributed by atoms with Crippen LogP contribution in [0.4, 0.5) is 27.6 Å². The zero-order valence-corrected chi connectivity index (χ0v) is 14.1. The highest BCUT2D eigenvalue weighted by molar-refractivity contribution is 5.66. The molecule has 0 aliphatic carbocycles. The Morgan fingerprint density at radius 1 is 1.00 bits per heavy atom. The van der Waals surface area contributed by atoms with E-state index in [4.69, 9.17) is 6.57 Å². The molecule has 0 bridgehead atoms. The van der Waals surface area contributed by atoms with E-state index in [-0.39, 0.29) is 16.8 Å². The van der Waals surface area contributed by atoms with Gasteiger partial charge in [-0.25, -0.2) is 13.6 Å². The summed E-state index contributed by atoms with van der Waals surface area (Å²) < 4.78 is 68.5. The summed E-state index contributed by atoms with van der Waals surface area (Å²) in [4.78, 5) is 15.4. The van der Waals surface area contributed by atoms with E-state index < -0.39 is 41.2 Å². The number of alkyl halides is 3. The molecule has 0 fully saturated rings. The predicted molar refractivity (Wildman–Crippen MR) is 92.9 cm³/mol. The Morgan fingerprint density at radius 2 is 1.68 bits per heavy atom. The third-order valence-corrected chi connectivity index (χ3v) is 4.10. The summed E-state index contributed by atoms with van der Waals surface area (Å²) in [6.45, 7) is 6.48. The van der Waals surface area contributed by atoms with E-state index in [0.29, 0.717) is 6.07 Å². The van der Waals surface area contributed by atoms with Crippen LogP contribution in [0.3, 0.4) is 0 Å². The first kappa shape index (κ1) is 19.3. The molecule has 0 saturated carbocycles. The Hall–Kier alpha value is -3.47.